The van der Waals surface area contributed by atoms with E-state index in [1.54, 1.807) is 27.2 Å². The molecule has 1 atom stereocenters. The highest BCUT2D eigenvalue weighted by atomic mass is 16.3. The maximum atomic E-state index is 9.00. The summed E-state index contributed by atoms with van der Waals surface area (Å²) in [6.07, 6.45) is 0.836. The van der Waals surface area contributed by atoms with Gasteiger partial charge < -0.3 is 10.2 Å². The monoisotopic (exact) mass is 117 g/mol. The molecule has 0 heterocycles. The van der Waals surface area contributed by atoms with Gasteiger partial charge in [-0.15, -0.1) is 0 Å². The van der Waals surface area contributed by atoms with Crippen molar-refractivity contribution < 1.29 is 10.2 Å². The minimum atomic E-state index is -0.991. The largest absolute Gasteiger partial charge is 0.390 e. The van der Waals surface area contributed by atoms with Gasteiger partial charge in [0, 0.05) is 0 Å². The molecule has 0 aliphatic carbocycles. The van der Waals surface area contributed by atoms with E-state index >= 15 is 0 Å². The van der Waals surface area contributed by atoms with E-state index in [0.717, 1.165) is 0 Å². The lowest BCUT2D eigenvalue weighted by Gasteiger charge is -2.22. The van der Waals surface area contributed by atoms with Crippen LogP contribution in [0.3, 0.4) is 0 Å². The van der Waals surface area contributed by atoms with Crippen molar-refractivity contribution in [1.29, 1.82) is 0 Å². The predicted molar refractivity (Wildman–Crippen MR) is 32.3 cm³/mol. The zero-order valence-electron chi connectivity index (χ0n) is 5.55. The normalized spacial score (nSPS) is 16.1. The van der Waals surface area contributed by atoms with Crippen LogP contribution in [0.25, 0.3) is 0 Å². The number of aliphatic hydroxyl groups excluding tert-OH is 1. The predicted octanol–water partition coefficient (Wildman–Crippen LogP) is 0.342. The van der Waals surface area contributed by atoms with E-state index in [1.807, 2.05) is 0 Å². The molecule has 1 radical (unpaired) electrons. The molecule has 0 aliphatic heterocycles. The lowest BCUT2D eigenvalue weighted by Crippen LogP contribution is -2.35. The van der Waals surface area contributed by atoms with E-state index in [9.17, 15) is 0 Å². The maximum absolute atomic E-state index is 9.00. The first-order valence-electron chi connectivity index (χ1n) is 2.68. The Morgan fingerprint density at radius 1 is 1.50 bits per heavy atom. The van der Waals surface area contributed by atoms with Crippen molar-refractivity contribution in [2.45, 2.75) is 32.5 Å². The average Bonchev–Trinajstić information content (AvgIpc) is 1.62. The Labute approximate surface area is 50.2 Å². The maximum Gasteiger partial charge on any atom is 0.0852 e. The third-order valence-corrected chi connectivity index (χ3v) is 1.04. The second-order valence-corrected chi connectivity index (χ2v) is 2.43. The zero-order chi connectivity index (χ0) is 6.78. The summed E-state index contributed by atoms with van der Waals surface area (Å²) in [6, 6.07) is 0. The highest BCUT2D eigenvalue weighted by Crippen LogP contribution is 2.09. The van der Waals surface area contributed by atoms with Crippen molar-refractivity contribution in [2.75, 3.05) is 0 Å². The molecule has 0 spiro atoms. The van der Waals surface area contributed by atoms with E-state index in [-0.39, 0.29) is 0 Å². The van der Waals surface area contributed by atoms with Gasteiger partial charge in [0.15, 0.2) is 0 Å². The van der Waals surface area contributed by atoms with Crippen LogP contribution in [0.2, 0.25) is 0 Å². The first kappa shape index (κ1) is 7.92. The van der Waals surface area contributed by atoms with Crippen LogP contribution >= 0.6 is 0 Å². The Morgan fingerprint density at radius 2 is 1.88 bits per heavy atom. The van der Waals surface area contributed by atoms with E-state index in [4.69, 9.17) is 10.2 Å². The number of aliphatic hydroxyl groups is 2. The molecule has 8 heavy (non-hydrogen) atoms. The molecule has 2 nitrogen and oxygen atoms in total. The van der Waals surface area contributed by atoms with Gasteiger partial charge in [0.25, 0.3) is 0 Å². The Bertz CT molecular complexity index is 63.4. The molecule has 0 fully saturated rings. The van der Waals surface area contributed by atoms with Crippen LogP contribution in [-0.4, -0.2) is 21.9 Å². The topological polar surface area (TPSA) is 40.5 Å². The van der Waals surface area contributed by atoms with Crippen LogP contribution in [0.4, 0.5) is 0 Å². The van der Waals surface area contributed by atoms with Crippen molar-refractivity contribution in [2.24, 2.45) is 0 Å². The third kappa shape index (κ3) is 2.28. The Kier molecular flexibility index (Phi) is 2.44. The van der Waals surface area contributed by atoms with Gasteiger partial charge in [-0.2, -0.15) is 0 Å². The number of hydrogen-bond donors (Lipinski definition) is 2. The first-order chi connectivity index (χ1) is 3.48. The second kappa shape index (κ2) is 2.46. The van der Waals surface area contributed by atoms with Gasteiger partial charge in [0.05, 0.1) is 11.7 Å². The summed E-state index contributed by atoms with van der Waals surface area (Å²) in [4.78, 5) is 0. The fourth-order valence-corrected chi connectivity index (χ4v) is 0.408. The molecule has 0 amide bonds. The van der Waals surface area contributed by atoms with Gasteiger partial charge in [0.2, 0.25) is 0 Å². The molecule has 0 aromatic carbocycles. The summed E-state index contributed by atoms with van der Waals surface area (Å²) in [7, 11) is 0. The van der Waals surface area contributed by atoms with Gasteiger partial charge in [0.1, 0.15) is 0 Å². The second-order valence-electron chi connectivity index (χ2n) is 2.43. The molecule has 2 N–H and O–H groups in total. The highest BCUT2D eigenvalue weighted by Gasteiger charge is 2.21. The molecule has 2 heteroatoms. The highest BCUT2D eigenvalue weighted by molar-refractivity contribution is 4.84. The quantitative estimate of drug-likeness (QED) is 0.547. The summed E-state index contributed by atoms with van der Waals surface area (Å²) in [5, 5.41) is 17.9. The van der Waals surface area contributed by atoms with Crippen LogP contribution < -0.4 is 0 Å². The smallest absolute Gasteiger partial charge is 0.0852 e. The van der Waals surface area contributed by atoms with Gasteiger partial charge in [-0.1, -0.05) is 6.92 Å². The Hall–Kier alpha value is -0.0800. The third-order valence-electron chi connectivity index (χ3n) is 1.04. The van der Waals surface area contributed by atoms with Gasteiger partial charge in [-0.25, -0.2) is 0 Å². The Morgan fingerprint density at radius 3 is 1.88 bits per heavy atom. The fraction of sp³-hybridized carbons (Fsp3) is 0.833. The Balaban J connectivity index is 3.62. The first-order valence-corrected chi connectivity index (χ1v) is 2.68. The molecular weight excluding hydrogens is 104 g/mol. The van der Waals surface area contributed by atoms with Gasteiger partial charge in [-0.05, 0) is 20.3 Å². The molecule has 0 aromatic heterocycles. The number of rotatable bonds is 2. The van der Waals surface area contributed by atoms with E-state index in [1.165, 1.54) is 0 Å². The minimum absolute atomic E-state index is 0.720. The summed E-state index contributed by atoms with van der Waals surface area (Å²) in [5.41, 5.74) is -0.991. The lowest BCUT2D eigenvalue weighted by molar-refractivity contribution is -0.0303. The van der Waals surface area contributed by atoms with E-state index < -0.39 is 11.7 Å². The number of hydrogen-bond acceptors (Lipinski definition) is 2. The summed E-state index contributed by atoms with van der Waals surface area (Å²) < 4.78 is 0. The molecule has 0 rings (SSSR count). The molecule has 49 valence electrons. The molecule has 0 aromatic rings. The van der Waals surface area contributed by atoms with E-state index in [2.05, 4.69) is 0 Å². The minimum Gasteiger partial charge on any atom is -0.390 e. The van der Waals surface area contributed by atoms with Crippen LogP contribution in [0.1, 0.15) is 20.8 Å². The molecule has 0 saturated carbocycles. The van der Waals surface area contributed by atoms with E-state index in [0.29, 0.717) is 0 Å². The van der Waals surface area contributed by atoms with Crippen molar-refractivity contribution in [1.82, 2.24) is 0 Å². The molecule has 0 aliphatic rings. The summed E-state index contributed by atoms with van der Waals surface area (Å²) >= 11 is 0. The van der Waals surface area contributed by atoms with Crippen LogP contribution in [0, 0.1) is 6.42 Å². The van der Waals surface area contributed by atoms with Crippen molar-refractivity contribution in [3.63, 3.8) is 0 Å². The molecule has 0 saturated heterocycles. The van der Waals surface area contributed by atoms with Crippen molar-refractivity contribution in [3.8, 4) is 0 Å². The SMILES string of the molecule is C[CH]C(O)C(C)(C)O. The van der Waals surface area contributed by atoms with Gasteiger partial charge in [-0.3, -0.25) is 0 Å². The van der Waals surface area contributed by atoms with Gasteiger partial charge >= 0.3 is 0 Å². The average molecular weight is 117 g/mol. The summed E-state index contributed by atoms with van der Waals surface area (Å²) in [5.74, 6) is 0. The lowest BCUT2D eigenvalue weighted by atomic mass is 10.0. The zero-order valence-corrected chi connectivity index (χ0v) is 5.55. The van der Waals surface area contributed by atoms with Crippen molar-refractivity contribution in [3.05, 3.63) is 6.42 Å². The van der Waals surface area contributed by atoms with Crippen LogP contribution in [0.5, 0.6) is 0 Å². The van der Waals surface area contributed by atoms with Crippen LogP contribution in [0.15, 0.2) is 0 Å². The standard InChI is InChI=1S/C6H13O2/c1-4-5(7)6(2,3)8/h4-5,7-8H,1-3H3. The molecular formula is C6H13O2. The van der Waals surface area contributed by atoms with Crippen LogP contribution in [-0.2, 0) is 0 Å². The summed E-state index contributed by atoms with van der Waals surface area (Å²) in [6.45, 7) is 4.85. The van der Waals surface area contributed by atoms with Crippen molar-refractivity contribution >= 4 is 0 Å². The fourth-order valence-electron chi connectivity index (χ4n) is 0.408. The molecule has 1 unspecified atom stereocenters. The molecule has 0 bridgehead atoms.